The van der Waals surface area contributed by atoms with E-state index in [1.165, 1.54) is 0 Å². The van der Waals surface area contributed by atoms with E-state index in [4.69, 9.17) is 0 Å². The zero-order valence-electron chi connectivity index (χ0n) is 6.33. The second kappa shape index (κ2) is 2.74. The van der Waals surface area contributed by atoms with Gasteiger partial charge in [-0.1, -0.05) is 0 Å². The van der Waals surface area contributed by atoms with E-state index in [-0.39, 0.29) is 12.3 Å². The molecule has 0 radical (unpaired) electrons. The van der Waals surface area contributed by atoms with Crippen LogP contribution in [-0.2, 0) is 19.6 Å². The van der Waals surface area contributed by atoms with Gasteiger partial charge in [0.05, 0.1) is 12.7 Å². The number of hydrogen-bond donors (Lipinski definition) is 2. The molecule has 1 aliphatic rings. The van der Waals surface area contributed by atoms with E-state index in [9.17, 15) is 18.0 Å². The Kier molecular flexibility index (Phi) is 2.05. The highest BCUT2D eigenvalue weighted by molar-refractivity contribution is 7.89. The van der Waals surface area contributed by atoms with Crippen LogP contribution >= 0.6 is 0 Å². The Hall–Kier alpha value is -1.11. The van der Waals surface area contributed by atoms with Gasteiger partial charge in [0.25, 0.3) is 5.91 Å². The fourth-order valence-corrected chi connectivity index (χ4v) is 1.28. The molecule has 1 rings (SSSR count). The molecule has 7 heteroatoms. The maximum Gasteiger partial charge on any atom is 0.256 e. The van der Waals surface area contributed by atoms with Crippen molar-refractivity contribution in [1.29, 1.82) is 0 Å². The summed E-state index contributed by atoms with van der Waals surface area (Å²) in [4.78, 5) is 21.2. The van der Waals surface area contributed by atoms with Crippen LogP contribution < -0.4 is 10.0 Å². The minimum atomic E-state index is -3.51. The van der Waals surface area contributed by atoms with E-state index in [1.807, 2.05) is 0 Å². The molecule has 1 aliphatic heterocycles. The van der Waals surface area contributed by atoms with Gasteiger partial charge in [-0.05, 0) is 0 Å². The van der Waals surface area contributed by atoms with Gasteiger partial charge < -0.3 is 5.32 Å². The minimum Gasteiger partial charge on any atom is -0.344 e. The van der Waals surface area contributed by atoms with Crippen LogP contribution in [0.15, 0.2) is 0 Å². The molecule has 0 saturated carbocycles. The van der Waals surface area contributed by atoms with Crippen LogP contribution in [0, 0.1) is 0 Å². The van der Waals surface area contributed by atoms with Crippen molar-refractivity contribution >= 4 is 21.8 Å². The Labute approximate surface area is 69.4 Å². The SMILES string of the molecule is CS(=O)(=O)NC(=O)C1CC(=O)N1. The Morgan fingerprint density at radius 1 is 1.67 bits per heavy atom. The lowest BCUT2D eigenvalue weighted by Gasteiger charge is -2.24. The summed E-state index contributed by atoms with van der Waals surface area (Å²) in [6.07, 6.45) is 0.937. The van der Waals surface area contributed by atoms with Gasteiger partial charge in [0.1, 0.15) is 6.04 Å². The Morgan fingerprint density at radius 2 is 2.17 bits per heavy atom. The lowest BCUT2D eigenvalue weighted by Crippen LogP contribution is -2.57. The van der Waals surface area contributed by atoms with Crippen LogP contribution in [0.5, 0.6) is 0 Å². The molecular weight excluding hydrogens is 184 g/mol. The van der Waals surface area contributed by atoms with E-state index in [2.05, 4.69) is 5.32 Å². The van der Waals surface area contributed by atoms with Crippen LogP contribution in [0.2, 0.25) is 0 Å². The first kappa shape index (κ1) is 8.98. The molecule has 68 valence electrons. The Balaban J connectivity index is 2.46. The van der Waals surface area contributed by atoms with Crippen molar-refractivity contribution in [2.75, 3.05) is 6.26 Å². The number of sulfonamides is 1. The highest BCUT2D eigenvalue weighted by Crippen LogP contribution is 2.03. The minimum absolute atomic E-state index is 0.0569. The molecule has 2 amide bonds. The number of amides is 2. The first-order valence-corrected chi connectivity index (χ1v) is 5.08. The first-order valence-electron chi connectivity index (χ1n) is 3.19. The number of β-lactam (4-membered cyclic amide) rings is 1. The molecule has 0 aromatic heterocycles. The van der Waals surface area contributed by atoms with Gasteiger partial charge in [-0.3, -0.25) is 14.3 Å². The van der Waals surface area contributed by atoms with E-state index in [1.54, 1.807) is 4.72 Å². The van der Waals surface area contributed by atoms with Crippen molar-refractivity contribution in [2.45, 2.75) is 12.5 Å². The summed E-state index contributed by atoms with van der Waals surface area (Å²) in [5.74, 6) is -0.930. The third-order valence-electron chi connectivity index (χ3n) is 1.33. The quantitative estimate of drug-likeness (QED) is 0.492. The zero-order chi connectivity index (χ0) is 9.35. The molecule has 0 spiro atoms. The molecule has 1 atom stereocenters. The van der Waals surface area contributed by atoms with Gasteiger partial charge in [-0.15, -0.1) is 0 Å². The standard InChI is InChI=1S/C5H8N2O4S/c1-12(10,11)7-5(9)3-2-4(8)6-3/h3H,2H2,1H3,(H,6,8)(H,7,9). The molecule has 1 unspecified atom stereocenters. The number of carbonyl (C=O) groups excluding carboxylic acids is 2. The van der Waals surface area contributed by atoms with Crippen molar-refractivity contribution in [2.24, 2.45) is 0 Å². The molecule has 12 heavy (non-hydrogen) atoms. The van der Waals surface area contributed by atoms with Crippen molar-refractivity contribution in [3.05, 3.63) is 0 Å². The smallest absolute Gasteiger partial charge is 0.256 e. The molecule has 0 aliphatic carbocycles. The molecule has 1 heterocycles. The normalized spacial score (nSPS) is 22.4. The van der Waals surface area contributed by atoms with Crippen LogP contribution in [0.3, 0.4) is 0 Å². The predicted octanol–water partition coefficient (Wildman–Crippen LogP) is -2.05. The monoisotopic (exact) mass is 192 g/mol. The molecule has 0 aromatic rings. The molecule has 6 nitrogen and oxygen atoms in total. The summed E-state index contributed by atoms with van der Waals surface area (Å²) in [6, 6.07) is -0.688. The summed E-state index contributed by atoms with van der Waals surface area (Å²) >= 11 is 0. The predicted molar refractivity (Wildman–Crippen MR) is 39.5 cm³/mol. The average Bonchev–Trinajstić information content (AvgIpc) is 1.76. The Morgan fingerprint density at radius 3 is 2.50 bits per heavy atom. The highest BCUT2D eigenvalue weighted by atomic mass is 32.2. The average molecular weight is 192 g/mol. The van der Waals surface area contributed by atoms with Gasteiger partial charge in [0, 0.05) is 0 Å². The van der Waals surface area contributed by atoms with E-state index in [0.29, 0.717) is 0 Å². The number of rotatable bonds is 2. The number of nitrogens with one attached hydrogen (secondary N) is 2. The number of carbonyl (C=O) groups is 2. The fourth-order valence-electron chi connectivity index (χ4n) is 0.771. The molecule has 0 aromatic carbocycles. The topological polar surface area (TPSA) is 92.3 Å². The third-order valence-corrected chi connectivity index (χ3v) is 1.90. The van der Waals surface area contributed by atoms with Gasteiger partial charge in [0.2, 0.25) is 15.9 Å². The van der Waals surface area contributed by atoms with E-state index >= 15 is 0 Å². The van der Waals surface area contributed by atoms with Crippen LogP contribution in [0.4, 0.5) is 0 Å². The van der Waals surface area contributed by atoms with Gasteiger partial charge in [-0.2, -0.15) is 0 Å². The molecule has 2 N–H and O–H groups in total. The van der Waals surface area contributed by atoms with Crippen molar-refractivity contribution in [3.63, 3.8) is 0 Å². The largest absolute Gasteiger partial charge is 0.344 e. The second-order valence-corrected chi connectivity index (χ2v) is 4.31. The van der Waals surface area contributed by atoms with Crippen molar-refractivity contribution < 1.29 is 18.0 Å². The van der Waals surface area contributed by atoms with Crippen LogP contribution in [-0.4, -0.2) is 32.5 Å². The lowest BCUT2D eigenvalue weighted by molar-refractivity contribution is -0.136. The van der Waals surface area contributed by atoms with Gasteiger partial charge in [-0.25, -0.2) is 8.42 Å². The number of hydrogen-bond acceptors (Lipinski definition) is 4. The van der Waals surface area contributed by atoms with Crippen LogP contribution in [0.1, 0.15) is 6.42 Å². The van der Waals surface area contributed by atoms with E-state index < -0.39 is 22.0 Å². The third kappa shape index (κ3) is 2.19. The molecule has 1 saturated heterocycles. The molecular formula is C5H8N2O4S. The second-order valence-electron chi connectivity index (χ2n) is 2.56. The highest BCUT2D eigenvalue weighted by Gasteiger charge is 2.32. The maximum atomic E-state index is 10.9. The van der Waals surface area contributed by atoms with Crippen molar-refractivity contribution in [3.8, 4) is 0 Å². The zero-order valence-corrected chi connectivity index (χ0v) is 7.14. The molecule has 0 bridgehead atoms. The summed E-state index contributed by atoms with van der Waals surface area (Å²) in [5.41, 5.74) is 0. The first-order chi connectivity index (χ1) is 5.38. The molecule has 1 fully saturated rings. The summed E-state index contributed by atoms with van der Waals surface area (Å²) < 4.78 is 22.8. The summed E-state index contributed by atoms with van der Waals surface area (Å²) in [7, 11) is -3.51. The lowest BCUT2D eigenvalue weighted by atomic mass is 10.1. The maximum absolute atomic E-state index is 10.9. The summed E-state index contributed by atoms with van der Waals surface area (Å²) in [5, 5.41) is 2.25. The van der Waals surface area contributed by atoms with Gasteiger partial charge >= 0.3 is 0 Å². The van der Waals surface area contributed by atoms with Crippen LogP contribution in [0.25, 0.3) is 0 Å². The van der Waals surface area contributed by atoms with E-state index in [0.717, 1.165) is 6.26 Å². The Bertz CT molecular complexity index is 312. The summed E-state index contributed by atoms with van der Waals surface area (Å²) in [6.45, 7) is 0. The van der Waals surface area contributed by atoms with Gasteiger partial charge in [0.15, 0.2) is 0 Å². The fraction of sp³-hybridized carbons (Fsp3) is 0.600. The van der Waals surface area contributed by atoms with Crippen molar-refractivity contribution in [1.82, 2.24) is 10.0 Å².